The molecule has 6 N–H and O–H groups in total. The van der Waals surface area contributed by atoms with E-state index in [1.807, 2.05) is 37.5 Å². The number of amides is 4. The number of carbonyl (C=O) groups is 4. The smallest absolute Gasteiger partial charge is 0.276 e. The molecule has 2 unspecified atom stereocenters. The van der Waals surface area contributed by atoms with Gasteiger partial charge in [0.1, 0.15) is 28.2 Å². The summed E-state index contributed by atoms with van der Waals surface area (Å²) >= 11 is 0. The summed E-state index contributed by atoms with van der Waals surface area (Å²) in [5.41, 5.74) is 9.95. The Hall–Kier alpha value is -6.86. The van der Waals surface area contributed by atoms with Gasteiger partial charge < -0.3 is 39.8 Å². The average molecular weight is 917 g/mol. The molecule has 2 saturated heterocycles. The Labute approximate surface area is 388 Å². The Bertz CT molecular complexity index is 2750. The lowest BCUT2D eigenvalue weighted by molar-refractivity contribution is -0.113. The molecule has 6 heterocycles. The minimum Gasteiger partial charge on any atom is -0.491 e. The van der Waals surface area contributed by atoms with Crippen molar-refractivity contribution in [3.8, 4) is 11.5 Å². The number of primary amides is 1. The number of morpholine rings is 1. The summed E-state index contributed by atoms with van der Waals surface area (Å²) in [4.78, 5) is 66.0. The monoisotopic (exact) mass is 916 g/mol. The molecule has 2 atom stereocenters. The van der Waals surface area contributed by atoms with Crippen molar-refractivity contribution in [2.75, 3.05) is 50.0 Å². The summed E-state index contributed by atoms with van der Waals surface area (Å²) in [5, 5.41) is 21.5. The van der Waals surface area contributed by atoms with Gasteiger partial charge >= 0.3 is 0 Å². The molecule has 4 amide bonds. The predicted molar refractivity (Wildman–Crippen MR) is 254 cm³/mol. The number of nitrogens with zero attached hydrogens (tertiary/aromatic N) is 7. The SMILES string of the molecule is CCC/C(=C\C(C)=N)C(=O)Nc1nc2cc(C(N)=O)cc3c2n1C/C=C/Cn1c(NC(=O)c2cc(C)nn2CC)nc2cc(C(=O)NCCCCN4CC5CCC(C4)O5)cc(c21)OCCCO3. The van der Waals surface area contributed by atoms with Crippen molar-refractivity contribution in [1.29, 1.82) is 5.41 Å². The van der Waals surface area contributed by atoms with Crippen molar-refractivity contribution in [3.63, 3.8) is 0 Å². The molecular weight excluding hydrogens is 857 g/mol. The molecule has 0 radical (unpaired) electrons. The van der Waals surface area contributed by atoms with E-state index in [9.17, 15) is 19.2 Å². The highest BCUT2D eigenvalue weighted by atomic mass is 16.5. The highest BCUT2D eigenvalue weighted by Gasteiger charge is 2.33. The number of nitrogens with two attached hydrogens (primary N) is 1. The number of benzene rings is 2. The zero-order valence-electron chi connectivity index (χ0n) is 38.7. The molecule has 5 aromatic rings. The van der Waals surface area contributed by atoms with Crippen LogP contribution in [0.3, 0.4) is 0 Å². The molecule has 2 fully saturated rings. The number of unbranched alkanes of at least 4 members (excludes halogenated alkanes) is 1. The van der Waals surface area contributed by atoms with Crippen LogP contribution in [0.2, 0.25) is 0 Å². The molecule has 19 nitrogen and oxygen atoms in total. The van der Waals surface area contributed by atoms with Gasteiger partial charge in [0.15, 0.2) is 0 Å². The molecule has 8 rings (SSSR count). The molecule has 354 valence electrons. The van der Waals surface area contributed by atoms with Gasteiger partial charge in [0.05, 0.1) is 42.1 Å². The van der Waals surface area contributed by atoms with E-state index < -0.39 is 17.7 Å². The maximum atomic E-state index is 13.9. The van der Waals surface area contributed by atoms with E-state index in [4.69, 9.17) is 35.3 Å². The molecule has 2 bridgehead atoms. The van der Waals surface area contributed by atoms with Gasteiger partial charge in [-0.05, 0) is 95.8 Å². The number of aromatic nitrogens is 6. The maximum Gasteiger partial charge on any atom is 0.276 e. The van der Waals surface area contributed by atoms with Crippen molar-refractivity contribution in [1.82, 2.24) is 39.1 Å². The Kier molecular flexibility index (Phi) is 14.5. The average Bonchev–Trinajstić information content (AvgIpc) is 4.05. The number of anilines is 2. The van der Waals surface area contributed by atoms with Crippen LogP contribution in [0.5, 0.6) is 11.5 Å². The summed E-state index contributed by atoms with van der Waals surface area (Å²) in [6, 6.07) is 8.26. The second kappa shape index (κ2) is 20.8. The van der Waals surface area contributed by atoms with Gasteiger partial charge in [-0.15, -0.1) is 0 Å². The van der Waals surface area contributed by atoms with E-state index in [0.717, 1.165) is 45.3 Å². The first-order valence-corrected chi connectivity index (χ1v) is 23.3. The Morgan fingerprint density at radius 3 is 2.09 bits per heavy atom. The fraction of sp³-hybridized carbons (Fsp3) is 0.458. The molecule has 3 aromatic heterocycles. The zero-order chi connectivity index (χ0) is 47.2. The van der Waals surface area contributed by atoms with Gasteiger partial charge in [-0.2, -0.15) is 5.10 Å². The van der Waals surface area contributed by atoms with Crippen LogP contribution in [-0.4, -0.2) is 115 Å². The van der Waals surface area contributed by atoms with Gasteiger partial charge in [0, 0.05) is 68.1 Å². The summed E-state index contributed by atoms with van der Waals surface area (Å²) < 4.78 is 24.0. The Balaban J connectivity index is 1.11. The van der Waals surface area contributed by atoms with Gasteiger partial charge in [-0.1, -0.05) is 25.5 Å². The molecular formula is C48H60N12O7. The maximum absolute atomic E-state index is 13.9. The second-order valence-corrected chi connectivity index (χ2v) is 17.3. The van der Waals surface area contributed by atoms with Crippen LogP contribution in [0.15, 0.2) is 54.1 Å². The molecule has 0 spiro atoms. The lowest BCUT2D eigenvalue weighted by Crippen LogP contribution is -2.43. The molecule has 3 aliphatic rings. The highest BCUT2D eigenvalue weighted by Crippen LogP contribution is 2.34. The van der Waals surface area contributed by atoms with Crippen LogP contribution in [0.25, 0.3) is 22.1 Å². The van der Waals surface area contributed by atoms with Crippen LogP contribution < -0.4 is 31.2 Å². The predicted octanol–water partition coefficient (Wildman–Crippen LogP) is 5.76. The van der Waals surface area contributed by atoms with Crippen molar-refractivity contribution in [2.24, 2.45) is 5.73 Å². The van der Waals surface area contributed by atoms with Crippen molar-refractivity contribution < 1.29 is 33.4 Å². The second-order valence-electron chi connectivity index (χ2n) is 17.3. The molecule has 19 heteroatoms. The van der Waals surface area contributed by atoms with Gasteiger partial charge in [0.2, 0.25) is 17.8 Å². The van der Waals surface area contributed by atoms with Crippen LogP contribution >= 0.6 is 0 Å². The quantitative estimate of drug-likeness (QED) is 0.0366. The lowest BCUT2D eigenvalue weighted by atomic mass is 10.1. The first-order valence-electron chi connectivity index (χ1n) is 23.3. The number of rotatable bonds is 15. The molecule has 2 aromatic carbocycles. The van der Waals surface area contributed by atoms with Crippen LogP contribution in [0.4, 0.5) is 11.9 Å². The summed E-state index contributed by atoms with van der Waals surface area (Å²) in [6.07, 6.45) is 11.5. The van der Waals surface area contributed by atoms with Crippen LogP contribution in [0, 0.1) is 12.3 Å². The van der Waals surface area contributed by atoms with Crippen molar-refractivity contribution in [2.45, 2.75) is 104 Å². The summed E-state index contributed by atoms with van der Waals surface area (Å²) in [5.74, 6) is -0.585. The number of hydrogen-bond acceptors (Lipinski definition) is 12. The third kappa shape index (κ3) is 10.7. The van der Waals surface area contributed by atoms with Crippen LogP contribution in [0.1, 0.15) is 103 Å². The fourth-order valence-electron chi connectivity index (χ4n) is 9.03. The van der Waals surface area contributed by atoms with Crippen molar-refractivity contribution in [3.05, 3.63) is 76.6 Å². The number of allylic oxidation sites excluding steroid dienone is 3. The lowest BCUT2D eigenvalue weighted by Gasteiger charge is -2.32. The molecule has 67 heavy (non-hydrogen) atoms. The number of hydrogen-bond donors (Lipinski definition) is 5. The van der Waals surface area contributed by atoms with E-state index in [0.29, 0.717) is 101 Å². The third-order valence-electron chi connectivity index (χ3n) is 12.1. The normalized spacial score (nSPS) is 18.1. The van der Waals surface area contributed by atoms with E-state index in [-0.39, 0.29) is 55.4 Å². The minimum atomic E-state index is -0.671. The largest absolute Gasteiger partial charge is 0.491 e. The number of fused-ring (bicyclic) bond motifs is 2. The van der Waals surface area contributed by atoms with E-state index in [1.165, 1.54) is 0 Å². The van der Waals surface area contributed by atoms with E-state index in [1.54, 1.807) is 52.6 Å². The first kappa shape index (κ1) is 46.7. The summed E-state index contributed by atoms with van der Waals surface area (Å²) in [6.45, 7) is 11.9. The standard InChI is InChI=1S/C48H60N12O7/c1-5-12-31(21-29(3)49)45(63)54-47-52-36-23-32(43(50)61)25-39-41(36)58(47)17-9-10-18-59-42-37(53-48(59)55-46(64)38-22-30(4)56-60(38)6-2)24-33(26-40(42)66-20-11-19-65-39)44(62)51-15-7-8-16-57-27-34-13-14-35(28-57)67-34/h9-10,21-26,34-35,49H,5-8,11-20,27-28H2,1-4H3,(H2,50,61)(H,51,62)(H,52,54,63)(H,53,55,64)/b10-9+,31-21+,49-29?. The molecule has 3 aliphatic heterocycles. The van der Waals surface area contributed by atoms with E-state index in [2.05, 4.69) is 25.9 Å². The Morgan fingerprint density at radius 1 is 0.851 bits per heavy atom. The number of imidazole rings is 2. The number of nitrogens with one attached hydrogen (secondary N) is 4. The minimum absolute atomic E-state index is 0.155. The number of likely N-dealkylation sites (tertiary alicyclic amines) is 1. The fourth-order valence-corrected chi connectivity index (χ4v) is 9.03. The topological polar surface area (TPSA) is 239 Å². The number of carbonyl (C=O) groups excluding carboxylic acids is 4. The highest BCUT2D eigenvalue weighted by molar-refractivity contribution is 6.08. The third-order valence-corrected chi connectivity index (χ3v) is 12.1. The molecule has 0 aliphatic carbocycles. The van der Waals surface area contributed by atoms with Crippen LogP contribution in [-0.2, 0) is 29.2 Å². The van der Waals surface area contributed by atoms with Gasteiger partial charge in [-0.3, -0.25) is 39.4 Å². The first-order chi connectivity index (χ1) is 32.4. The summed E-state index contributed by atoms with van der Waals surface area (Å²) in [7, 11) is 0. The number of aryl methyl sites for hydroxylation is 2. The van der Waals surface area contributed by atoms with Gasteiger partial charge in [-0.25, -0.2) is 9.97 Å². The van der Waals surface area contributed by atoms with Gasteiger partial charge in [0.25, 0.3) is 17.7 Å². The molecule has 0 saturated carbocycles. The zero-order valence-corrected chi connectivity index (χ0v) is 38.7. The van der Waals surface area contributed by atoms with Crippen molar-refractivity contribution >= 4 is 63.3 Å². The van der Waals surface area contributed by atoms with E-state index >= 15 is 0 Å². The Morgan fingerprint density at radius 2 is 1.48 bits per heavy atom. The number of ether oxygens (including phenoxy) is 3.